The second-order valence-electron chi connectivity index (χ2n) is 4.01. The van der Waals surface area contributed by atoms with Gasteiger partial charge < -0.3 is 9.67 Å². The zero-order valence-electron chi connectivity index (χ0n) is 9.93. The Morgan fingerprint density at radius 3 is 2.47 bits per heavy atom. The van der Waals surface area contributed by atoms with Gasteiger partial charge in [-0.05, 0) is 20.8 Å². The van der Waals surface area contributed by atoms with Gasteiger partial charge in [0.15, 0.2) is 0 Å². The van der Waals surface area contributed by atoms with Gasteiger partial charge in [-0.15, -0.1) is 10.2 Å². The predicted octanol–water partition coefficient (Wildman–Crippen LogP) is 0.326. The second-order valence-corrected chi connectivity index (χ2v) is 4.01. The van der Waals surface area contributed by atoms with Crippen LogP contribution in [-0.2, 0) is 13.6 Å². The van der Waals surface area contributed by atoms with Crippen LogP contribution in [0.25, 0.3) is 0 Å². The molecule has 0 atom stereocenters. The molecule has 5 nitrogen and oxygen atoms in total. The molecule has 0 bridgehead atoms. The third kappa shape index (κ3) is 3.00. The van der Waals surface area contributed by atoms with Gasteiger partial charge in [-0.2, -0.15) is 0 Å². The third-order valence-electron chi connectivity index (χ3n) is 2.64. The highest BCUT2D eigenvalue weighted by Gasteiger charge is 2.13. The Kier molecular flexibility index (Phi) is 4.23. The van der Waals surface area contributed by atoms with Crippen molar-refractivity contribution in [3.05, 3.63) is 11.6 Å². The molecule has 0 fully saturated rings. The highest BCUT2D eigenvalue weighted by molar-refractivity contribution is 4.92. The minimum absolute atomic E-state index is 0.176. The minimum Gasteiger partial charge on any atom is -0.395 e. The molecule has 1 aromatic rings. The largest absolute Gasteiger partial charge is 0.395 e. The van der Waals surface area contributed by atoms with Crippen molar-refractivity contribution < 1.29 is 5.11 Å². The van der Waals surface area contributed by atoms with Crippen molar-refractivity contribution >= 4 is 0 Å². The molecule has 15 heavy (non-hydrogen) atoms. The van der Waals surface area contributed by atoms with Crippen molar-refractivity contribution in [3.63, 3.8) is 0 Å². The fraction of sp³-hybridized carbons (Fsp3) is 0.800. The van der Waals surface area contributed by atoms with Crippen LogP contribution in [-0.4, -0.2) is 44.0 Å². The quantitative estimate of drug-likeness (QED) is 0.764. The Labute approximate surface area is 90.7 Å². The molecule has 1 aromatic heterocycles. The molecule has 0 amide bonds. The van der Waals surface area contributed by atoms with Crippen LogP contribution in [0.3, 0.4) is 0 Å². The van der Waals surface area contributed by atoms with Gasteiger partial charge in [0.2, 0.25) is 0 Å². The van der Waals surface area contributed by atoms with Crippen LogP contribution in [0.2, 0.25) is 0 Å². The summed E-state index contributed by atoms with van der Waals surface area (Å²) in [6.45, 7) is 7.73. The number of hydrogen-bond acceptors (Lipinski definition) is 4. The lowest BCUT2D eigenvalue weighted by molar-refractivity contribution is 0.155. The van der Waals surface area contributed by atoms with Crippen molar-refractivity contribution in [1.29, 1.82) is 0 Å². The van der Waals surface area contributed by atoms with E-state index in [1.165, 1.54) is 0 Å². The summed E-state index contributed by atoms with van der Waals surface area (Å²) in [7, 11) is 1.96. The van der Waals surface area contributed by atoms with E-state index in [9.17, 15) is 0 Å². The first kappa shape index (κ1) is 12.1. The summed E-state index contributed by atoms with van der Waals surface area (Å²) in [5.74, 6) is 1.85. The molecule has 0 radical (unpaired) electrons. The first-order chi connectivity index (χ1) is 7.06. The molecule has 0 unspecified atom stereocenters. The van der Waals surface area contributed by atoms with E-state index in [-0.39, 0.29) is 6.61 Å². The summed E-state index contributed by atoms with van der Waals surface area (Å²) in [5, 5.41) is 17.1. The molecule has 86 valence electrons. The third-order valence-corrected chi connectivity index (χ3v) is 2.64. The molecule has 0 aliphatic carbocycles. The molecule has 0 spiro atoms. The molecule has 0 aromatic carbocycles. The van der Waals surface area contributed by atoms with Crippen LogP contribution >= 0.6 is 0 Å². The summed E-state index contributed by atoms with van der Waals surface area (Å²) in [5.41, 5.74) is 0. The lowest BCUT2D eigenvalue weighted by Crippen LogP contribution is -2.33. The first-order valence-corrected chi connectivity index (χ1v) is 5.26. The van der Waals surface area contributed by atoms with Crippen LogP contribution in [0.1, 0.15) is 25.5 Å². The number of hydrogen-bond donors (Lipinski definition) is 1. The van der Waals surface area contributed by atoms with E-state index in [2.05, 4.69) is 28.9 Å². The van der Waals surface area contributed by atoms with Gasteiger partial charge >= 0.3 is 0 Å². The fourth-order valence-corrected chi connectivity index (χ4v) is 1.42. The average Bonchev–Trinajstić information content (AvgIpc) is 2.48. The van der Waals surface area contributed by atoms with Gasteiger partial charge in [-0.25, -0.2) is 0 Å². The Balaban J connectivity index is 2.69. The van der Waals surface area contributed by atoms with E-state index in [0.717, 1.165) is 18.2 Å². The number of aromatic nitrogens is 3. The monoisotopic (exact) mass is 212 g/mol. The van der Waals surface area contributed by atoms with Gasteiger partial charge in [0, 0.05) is 19.6 Å². The van der Waals surface area contributed by atoms with E-state index < -0.39 is 0 Å². The molecule has 0 saturated carbocycles. The van der Waals surface area contributed by atoms with Crippen molar-refractivity contribution in [3.8, 4) is 0 Å². The SMILES string of the molecule is Cc1nnc(CN(CCO)C(C)C)n1C. The van der Waals surface area contributed by atoms with Gasteiger partial charge in [-0.3, -0.25) is 4.90 Å². The van der Waals surface area contributed by atoms with Crippen LogP contribution in [0.15, 0.2) is 0 Å². The maximum atomic E-state index is 8.95. The van der Waals surface area contributed by atoms with Gasteiger partial charge in [0.25, 0.3) is 0 Å². The van der Waals surface area contributed by atoms with Gasteiger partial charge in [-0.1, -0.05) is 0 Å². The first-order valence-electron chi connectivity index (χ1n) is 5.26. The Morgan fingerprint density at radius 1 is 1.40 bits per heavy atom. The molecule has 0 saturated heterocycles. The maximum Gasteiger partial charge on any atom is 0.146 e. The Morgan fingerprint density at radius 2 is 2.07 bits per heavy atom. The summed E-state index contributed by atoms with van der Waals surface area (Å²) in [6, 6.07) is 0.397. The standard InChI is InChI=1S/C10H20N4O/c1-8(2)14(5-6-15)7-10-12-11-9(3)13(10)4/h8,15H,5-7H2,1-4H3. The molecule has 0 aliphatic rings. The van der Waals surface area contributed by atoms with E-state index in [1.807, 2.05) is 18.5 Å². The van der Waals surface area contributed by atoms with Crippen molar-refractivity contribution in [1.82, 2.24) is 19.7 Å². The van der Waals surface area contributed by atoms with Gasteiger partial charge in [0.1, 0.15) is 11.6 Å². The van der Waals surface area contributed by atoms with Crippen molar-refractivity contribution in [2.45, 2.75) is 33.4 Å². The summed E-state index contributed by atoms with van der Waals surface area (Å²) < 4.78 is 1.98. The zero-order chi connectivity index (χ0) is 11.4. The number of aliphatic hydroxyl groups is 1. The highest BCUT2D eigenvalue weighted by Crippen LogP contribution is 2.06. The summed E-state index contributed by atoms with van der Waals surface area (Å²) in [6.07, 6.45) is 0. The number of rotatable bonds is 5. The molecule has 0 aliphatic heterocycles. The average molecular weight is 212 g/mol. The normalized spacial score (nSPS) is 11.7. The van der Waals surface area contributed by atoms with Crippen LogP contribution < -0.4 is 0 Å². The minimum atomic E-state index is 0.176. The van der Waals surface area contributed by atoms with Crippen molar-refractivity contribution in [2.24, 2.45) is 7.05 Å². The molecular formula is C10H20N4O. The molecule has 1 N–H and O–H groups in total. The second kappa shape index (κ2) is 5.23. The summed E-state index contributed by atoms with van der Waals surface area (Å²) in [4.78, 5) is 2.17. The van der Waals surface area contributed by atoms with E-state index in [1.54, 1.807) is 0 Å². The van der Waals surface area contributed by atoms with Crippen LogP contribution in [0, 0.1) is 6.92 Å². The maximum absolute atomic E-state index is 8.95. The van der Waals surface area contributed by atoms with Crippen LogP contribution in [0.5, 0.6) is 0 Å². The van der Waals surface area contributed by atoms with Crippen molar-refractivity contribution in [2.75, 3.05) is 13.2 Å². The smallest absolute Gasteiger partial charge is 0.146 e. The van der Waals surface area contributed by atoms with Gasteiger partial charge in [0.05, 0.1) is 13.2 Å². The lowest BCUT2D eigenvalue weighted by atomic mass is 10.3. The molecule has 1 heterocycles. The number of aliphatic hydroxyl groups excluding tert-OH is 1. The number of aryl methyl sites for hydroxylation is 1. The molecular weight excluding hydrogens is 192 g/mol. The predicted molar refractivity (Wildman–Crippen MR) is 58.4 cm³/mol. The van der Waals surface area contributed by atoms with E-state index >= 15 is 0 Å². The van der Waals surface area contributed by atoms with Crippen LogP contribution in [0.4, 0.5) is 0 Å². The molecule has 1 rings (SSSR count). The Hall–Kier alpha value is -0.940. The Bertz CT molecular complexity index is 308. The molecule has 5 heteroatoms. The van der Waals surface area contributed by atoms with E-state index in [0.29, 0.717) is 12.6 Å². The number of nitrogens with zero attached hydrogens (tertiary/aromatic N) is 4. The summed E-state index contributed by atoms with van der Waals surface area (Å²) >= 11 is 0. The topological polar surface area (TPSA) is 54.2 Å². The lowest BCUT2D eigenvalue weighted by Gasteiger charge is -2.24. The highest BCUT2D eigenvalue weighted by atomic mass is 16.3. The van der Waals surface area contributed by atoms with E-state index in [4.69, 9.17) is 5.11 Å². The fourth-order valence-electron chi connectivity index (χ4n) is 1.42. The zero-order valence-corrected chi connectivity index (χ0v) is 9.93.